The van der Waals surface area contributed by atoms with Gasteiger partial charge in [0.1, 0.15) is 0 Å². The summed E-state index contributed by atoms with van der Waals surface area (Å²) in [6.07, 6.45) is 3.26. The minimum atomic E-state index is -0.486. The van der Waals surface area contributed by atoms with Crippen LogP contribution in [0, 0.1) is 15.5 Å². The van der Waals surface area contributed by atoms with Crippen LogP contribution in [0.15, 0.2) is 16.6 Å². The average Bonchev–Trinajstić information content (AvgIpc) is 2.29. The van der Waals surface area contributed by atoms with E-state index < -0.39 is 4.92 Å². The Balaban J connectivity index is 2.22. The average molecular weight is 367 g/mol. The van der Waals surface area contributed by atoms with E-state index >= 15 is 0 Å². The maximum Gasteiger partial charge on any atom is 0.313 e. The molecule has 1 aliphatic rings. The lowest BCUT2D eigenvalue weighted by Crippen LogP contribution is -2.37. The summed E-state index contributed by atoms with van der Waals surface area (Å²) in [5, 5.41) is 11.3. The fourth-order valence-electron chi connectivity index (χ4n) is 2.08. The Hall–Kier alpha value is -0.460. The van der Waals surface area contributed by atoms with Crippen LogP contribution in [-0.2, 0) is 0 Å². The molecule has 1 aliphatic carbocycles. The number of thiol groups is 1. The Kier molecular flexibility index (Phi) is 4.63. The quantitative estimate of drug-likeness (QED) is 0.474. The van der Waals surface area contributed by atoms with Crippen molar-refractivity contribution in [2.75, 3.05) is 12.4 Å². The van der Waals surface area contributed by atoms with Gasteiger partial charge in [-0.15, -0.1) is 0 Å². The SMILES string of the molecule is O=[N+]([O-])c1cc(Cl)cc(Br)c1OCC1(CS)CCC1. The number of halogens is 2. The van der Waals surface area contributed by atoms with Crippen LogP contribution in [0.4, 0.5) is 5.69 Å². The number of nitro benzene ring substituents is 1. The molecule has 1 aromatic carbocycles. The molecular formula is C12H13BrClNO3S. The maximum absolute atomic E-state index is 11.0. The van der Waals surface area contributed by atoms with E-state index in [0.29, 0.717) is 16.1 Å². The molecule has 19 heavy (non-hydrogen) atoms. The van der Waals surface area contributed by atoms with Crippen molar-refractivity contribution in [3.8, 4) is 5.75 Å². The Morgan fingerprint density at radius 2 is 2.21 bits per heavy atom. The lowest BCUT2D eigenvalue weighted by molar-refractivity contribution is -0.386. The molecule has 2 rings (SSSR count). The van der Waals surface area contributed by atoms with Crippen molar-refractivity contribution >= 4 is 45.8 Å². The van der Waals surface area contributed by atoms with Gasteiger partial charge in [-0.25, -0.2) is 0 Å². The minimum absolute atomic E-state index is 0.0516. The smallest absolute Gasteiger partial charge is 0.313 e. The van der Waals surface area contributed by atoms with E-state index in [1.165, 1.54) is 6.07 Å². The second-order valence-electron chi connectivity index (χ2n) is 4.79. The Bertz CT molecular complexity index is 502. The molecule has 0 aliphatic heterocycles. The van der Waals surface area contributed by atoms with Crippen molar-refractivity contribution in [2.24, 2.45) is 5.41 Å². The maximum atomic E-state index is 11.0. The molecule has 0 aromatic heterocycles. The van der Waals surface area contributed by atoms with Crippen LogP contribution >= 0.6 is 40.2 Å². The fourth-order valence-corrected chi connectivity index (χ4v) is 3.39. The summed E-state index contributed by atoms with van der Waals surface area (Å²) < 4.78 is 6.19. The molecule has 0 heterocycles. The zero-order chi connectivity index (χ0) is 14.0. The van der Waals surface area contributed by atoms with E-state index in [9.17, 15) is 10.1 Å². The molecule has 0 radical (unpaired) electrons. The molecule has 0 atom stereocenters. The van der Waals surface area contributed by atoms with Crippen LogP contribution in [0.25, 0.3) is 0 Å². The van der Waals surface area contributed by atoms with Gasteiger partial charge in [0.25, 0.3) is 0 Å². The third kappa shape index (κ3) is 3.17. The fraction of sp³-hybridized carbons (Fsp3) is 0.500. The largest absolute Gasteiger partial charge is 0.485 e. The van der Waals surface area contributed by atoms with E-state index in [2.05, 4.69) is 28.6 Å². The summed E-state index contributed by atoms with van der Waals surface area (Å²) in [5.74, 6) is 0.967. The van der Waals surface area contributed by atoms with Gasteiger partial charge >= 0.3 is 5.69 Å². The van der Waals surface area contributed by atoms with Crippen molar-refractivity contribution < 1.29 is 9.66 Å². The van der Waals surface area contributed by atoms with Gasteiger partial charge in [-0.2, -0.15) is 12.6 Å². The summed E-state index contributed by atoms with van der Waals surface area (Å²) in [4.78, 5) is 10.5. The topological polar surface area (TPSA) is 52.4 Å². The van der Waals surface area contributed by atoms with Crippen LogP contribution in [0.3, 0.4) is 0 Å². The molecule has 1 saturated carbocycles. The monoisotopic (exact) mass is 365 g/mol. The number of nitrogens with zero attached hydrogens (tertiary/aromatic N) is 1. The van der Waals surface area contributed by atoms with Gasteiger partial charge in [-0.3, -0.25) is 10.1 Å². The first kappa shape index (κ1) is 14.9. The Morgan fingerprint density at radius 1 is 1.53 bits per heavy atom. The molecule has 1 fully saturated rings. The molecule has 0 saturated heterocycles. The molecule has 1 aromatic rings. The van der Waals surface area contributed by atoms with Gasteiger partial charge in [-0.05, 0) is 40.6 Å². The van der Waals surface area contributed by atoms with Crippen molar-refractivity contribution in [1.29, 1.82) is 0 Å². The predicted molar refractivity (Wildman–Crippen MR) is 81.4 cm³/mol. The number of ether oxygens (including phenoxy) is 1. The summed E-state index contributed by atoms with van der Waals surface area (Å²) in [6, 6.07) is 2.90. The van der Waals surface area contributed by atoms with Gasteiger partial charge in [-0.1, -0.05) is 18.0 Å². The van der Waals surface area contributed by atoms with Crippen LogP contribution in [-0.4, -0.2) is 17.3 Å². The first-order chi connectivity index (χ1) is 8.97. The summed E-state index contributed by atoms with van der Waals surface area (Å²) in [7, 11) is 0. The number of benzene rings is 1. The van der Waals surface area contributed by atoms with Gasteiger partial charge in [0.05, 0.1) is 16.0 Å². The van der Waals surface area contributed by atoms with E-state index in [4.69, 9.17) is 16.3 Å². The zero-order valence-electron chi connectivity index (χ0n) is 10.1. The highest BCUT2D eigenvalue weighted by Gasteiger charge is 2.37. The van der Waals surface area contributed by atoms with E-state index in [0.717, 1.165) is 25.0 Å². The Morgan fingerprint density at radius 3 is 2.68 bits per heavy atom. The summed E-state index contributed by atoms with van der Waals surface area (Å²) in [6.45, 7) is 0.442. The van der Waals surface area contributed by atoms with Crippen LogP contribution < -0.4 is 4.74 Å². The number of hydrogen-bond acceptors (Lipinski definition) is 4. The third-order valence-corrected chi connectivity index (χ3v) is 4.94. The van der Waals surface area contributed by atoms with E-state index in [-0.39, 0.29) is 16.9 Å². The van der Waals surface area contributed by atoms with Crippen LogP contribution in [0.2, 0.25) is 5.02 Å². The van der Waals surface area contributed by atoms with Crippen LogP contribution in [0.1, 0.15) is 19.3 Å². The van der Waals surface area contributed by atoms with Crippen molar-refractivity contribution in [3.05, 3.63) is 31.7 Å². The van der Waals surface area contributed by atoms with Gasteiger partial charge in [0.15, 0.2) is 0 Å². The normalized spacial score (nSPS) is 16.8. The minimum Gasteiger partial charge on any atom is -0.485 e. The second kappa shape index (κ2) is 5.89. The number of rotatable bonds is 5. The molecule has 7 heteroatoms. The highest BCUT2D eigenvalue weighted by atomic mass is 79.9. The molecule has 104 valence electrons. The van der Waals surface area contributed by atoms with Crippen molar-refractivity contribution in [3.63, 3.8) is 0 Å². The zero-order valence-corrected chi connectivity index (χ0v) is 13.3. The first-order valence-corrected chi connectivity index (χ1v) is 7.65. The summed E-state index contributed by atoms with van der Waals surface area (Å²) in [5.41, 5.74) is -0.0659. The summed E-state index contributed by atoms with van der Waals surface area (Å²) >= 11 is 13.4. The highest BCUT2D eigenvalue weighted by Crippen LogP contribution is 2.44. The molecular weight excluding hydrogens is 354 g/mol. The van der Waals surface area contributed by atoms with E-state index in [1.54, 1.807) is 6.07 Å². The van der Waals surface area contributed by atoms with Crippen LogP contribution in [0.5, 0.6) is 5.75 Å². The molecule has 4 nitrogen and oxygen atoms in total. The molecule has 0 N–H and O–H groups in total. The number of nitro groups is 1. The van der Waals surface area contributed by atoms with E-state index in [1.807, 2.05) is 0 Å². The molecule has 0 bridgehead atoms. The first-order valence-electron chi connectivity index (χ1n) is 5.84. The molecule has 0 spiro atoms. The lowest BCUT2D eigenvalue weighted by Gasteiger charge is -2.40. The molecule has 0 unspecified atom stereocenters. The molecule has 0 amide bonds. The van der Waals surface area contributed by atoms with Gasteiger partial charge in [0, 0.05) is 16.5 Å². The predicted octanol–water partition coefficient (Wildman–Crippen LogP) is 4.49. The third-order valence-electron chi connectivity index (χ3n) is 3.46. The standard InChI is InChI=1S/C12H13BrClNO3S/c13-9-4-8(14)5-10(15(16)17)11(9)18-6-12(7-19)2-1-3-12/h4-5,19H,1-3,6-7H2. The van der Waals surface area contributed by atoms with Crippen molar-refractivity contribution in [2.45, 2.75) is 19.3 Å². The van der Waals surface area contributed by atoms with Crippen molar-refractivity contribution in [1.82, 2.24) is 0 Å². The van der Waals surface area contributed by atoms with Gasteiger partial charge < -0.3 is 4.74 Å². The second-order valence-corrected chi connectivity index (χ2v) is 6.40. The highest BCUT2D eigenvalue weighted by molar-refractivity contribution is 9.10. The lowest BCUT2D eigenvalue weighted by atomic mass is 9.71. The van der Waals surface area contributed by atoms with Gasteiger partial charge in [0.2, 0.25) is 5.75 Å². The number of hydrogen-bond donors (Lipinski definition) is 1. The Labute approximate surface area is 130 Å².